The summed E-state index contributed by atoms with van der Waals surface area (Å²) in [6.07, 6.45) is 4.99. The van der Waals surface area contributed by atoms with Gasteiger partial charge in [-0.15, -0.1) is 0 Å². The fourth-order valence-electron chi connectivity index (χ4n) is 2.50. The fraction of sp³-hybridized carbons (Fsp3) is 0.600. The molecule has 0 saturated heterocycles. The number of benzene rings is 1. The van der Waals surface area contributed by atoms with E-state index in [0.717, 1.165) is 41.7 Å². The summed E-state index contributed by atoms with van der Waals surface area (Å²) >= 11 is 3.50. The van der Waals surface area contributed by atoms with E-state index in [1.807, 2.05) is 18.2 Å². The molecule has 2 unspecified atom stereocenters. The van der Waals surface area contributed by atoms with E-state index in [1.165, 1.54) is 6.42 Å². The average Bonchev–Trinajstić information content (AvgIpc) is 2.48. The molecule has 1 fully saturated rings. The van der Waals surface area contributed by atoms with Gasteiger partial charge in [0.1, 0.15) is 17.6 Å². The van der Waals surface area contributed by atoms with Crippen LogP contribution in [-0.2, 0) is 10.1 Å². The minimum atomic E-state index is 0.255. The second-order valence-corrected chi connectivity index (χ2v) is 5.43. The van der Waals surface area contributed by atoms with E-state index in [4.69, 9.17) is 14.2 Å². The molecule has 1 saturated carbocycles. The minimum Gasteiger partial charge on any atom is -0.497 e. The summed E-state index contributed by atoms with van der Waals surface area (Å²) in [6, 6.07) is 5.95. The van der Waals surface area contributed by atoms with Gasteiger partial charge < -0.3 is 14.2 Å². The molecule has 3 nitrogen and oxygen atoms in total. The Bertz CT molecular complexity index is 408. The molecule has 0 bridgehead atoms. The molecule has 0 spiro atoms. The molecule has 2 rings (SSSR count). The van der Waals surface area contributed by atoms with Crippen LogP contribution < -0.4 is 9.47 Å². The first-order valence-electron chi connectivity index (χ1n) is 6.69. The Morgan fingerprint density at radius 3 is 2.68 bits per heavy atom. The van der Waals surface area contributed by atoms with Gasteiger partial charge in [0.2, 0.25) is 0 Å². The summed E-state index contributed by atoms with van der Waals surface area (Å²) in [6.45, 7) is 0. The van der Waals surface area contributed by atoms with Gasteiger partial charge in [0.25, 0.3) is 0 Å². The molecule has 106 valence electrons. The van der Waals surface area contributed by atoms with Crippen molar-refractivity contribution in [1.82, 2.24) is 0 Å². The first kappa shape index (κ1) is 14.7. The van der Waals surface area contributed by atoms with Gasteiger partial charge in [-0.3, -0.25) is 0 Å². The van der Waals surface area contributed by atoms with Crippen LogP contribution in [0.3, 0.4) is 0 Å². The number of hydrogen-bond donors (Lipinski definition) is 0. The highest BCUT2D eigenvalue weighted by Crippen LogP contribution is 2.30. The lowest BCUT2D eigenvalue weighted by Crippen LogP contribution is -2.29. The topological polar surface area (TPSA) is 27.7 Å². The van der Waals surface area contributed by atoms with E-state index in [-0.39, 0.29) is 6.10 Å². The molecule has 2 atom stereocenters. The normalized spacial score (nSPS) is 23.1. The summed E-state index contributed by atoms with van der Waals surface area (Å²) in [4.78, 5) is 0. The van der Waals surface area contributed by atoms with Gasteiger partial charge in [0.05, 0.1) is 13.2 Å². The van der Waals surface area contributed by atoms with Crippen molar-refractivity contribution in [3.8, 4) is 11.5 Å². The van der Waals surface area contributed by atoms with E-state index in [0.29, 0.717) is 6.10 Å². The smallest absolute Gasteiger partial charge is 0.124 e. The van der Waals surface area contributed by atoms with Crippen LogP contribution in [0.4, 0.5) is 0 Å². The zero-order chi connectivity index (χ0) is 13.7. The maximum Gasteiger partial charge on any atom is 0.124 e. The third kappa shape index (κ3) is 3.86. The van der Waals surface area contributed by atoms with Crippen molar-refractivity contribution in [3.05, 3.63) is 23.8 Å². The standard InChI is InChI=1S/C15H21BrO3/c1-17-12-4-3-5-14(9-12)19-15-7-6-13(18-2)8-11(15)10-16/h6-8,12,14H,3-5,9-10H2,1-2H3. The molecule has 1 aromatic rings. The summed E-state index contributed by atoms with van der Waals surface area (Å²) in [5.41, 5.74) is 1.12. The minimum absolute atomic E-state index is 0.255. The Morgan fingerprint density at radius 2 is 2.00 bits per heavy atom. The van der Waals surface area contributed by atoms with Crippen LogP contribution in [0.15, 0.2) is 18.2 Å². The first-order chi connectivity index (χ1) is 9.26. The number of halogens is 1. The zero-order valence-corrected chi connectivity index (χ0v) is 13.1. The monoisotopic (exact) mass is 328 g/mol. The van der Waals surface area contributed by atoms with Gasteiger partial charge >= 0.3 is 0 Å². The predicted octanol–water partition coefficient (Wildman–Crippen LogP) is 3.93. The Morgan fingerprint density at radius 1 is 1.21 bits per heavy atom. The molecule has 0 aliphatic heterocycles. The van der Waals surface area contributed by atoms with Gasteiger partial charge in [-0.2, -0.15) is 0 Å². The molecule has 0 N–H and O–H groups in total. The average molecular weight is 329 g/mol. The molecule has 0 radical (unpaired) electrons. The molecule has 0 amide bonds. The van der Waals surface area contributed by atoms with E-state index in [1.54, 1.807) is 14.2 Å². The fourth-order valence-corrected chi connectivity index (χ4v) is 2.94. The van der Waals surface area contributed by atoms with Gasteiger partial charge in [0.15, 0.2) is 0 Å². The van der Waals surface area contributed by atoms with Crippen molar-refractivity contribution in [1.29, 1.82) is 0 Å². The second kappa shape index (κ2) is 7.15. The third-order valence-corrected chi connectivity index (χ3v) is 4.22. The second-order valence-electron chi connectivity index (χ2n) is 4.87. The van der Waals surface area contributed by atoms with Gasteiger partial charge in [-0.1, -0.05) is 15.9 Å². The van der Waals surface area contributed by atoms with E-state index in [9.17, 15) is 0 Å². The summed E-state index contributed by atoms with van der Waals surface area (Å²) < 4.78 is 16.8. The number of methoxy groups -OCH3 is 2. The van der Waals surface area contributed by atoms with Crippen LogP contribution in [0, 0.1) is 0 Å². The van der Waals surface area contributed by atoms with Crippen molar-refractivity contribution in [2.75, 3.05) is 14.2 Å². The molecule has 1 aliphatic carbocycles. The summed E-state index contributed by atoms with van der Waals surface area (Å²) in [5.74, 6) is 1.81. The lowest BCUT2D eigenvalue weighted by Gasteiger charge is -2.29. The van der Waals surface area contributed by atoms with Crippen molar-refractivity contribution >= 4 is 15.9 Å². The highest BCUT2D eigenvalue weighted by atomic mass is 79.9. The molecule has 0 heterocycles. The number of alkyl halides is 1. The lowest BCUT2D eigenvalue weighted by atomic mass is 9.95. The van der Waals surface area contributed by atoms with Crippen LogP contribution in [0.2, 0.25) is 0 Å². The van der Waals surface area contributed by atoms with Crippen molar-refractivity contribution < 1.29 is 14.2 Å². The molecule has 19 heavy (non-hydrogen) atoms. The molecule has 4 heteroatoms. The quantitative estimate of drug-likeness (QED) is 0.766. The zero-order valence-electron chi connectivity index (χ0n) is 11.5. The number of rotatable bonds is 5. The highest BCUT2D eigenvalue weighted by molar-refractivity contribution is 9.08. The Labute approximate surface area is 123 Å². The molecular weight excluding hydrogens is 308 g/mol. The van der Waals surface area contributed by atoms with Crippen LogP contribution in [0.25, 0.3) is 0 Å². The lowest BCUT2D eigenvalue weighted by molar-refractivity contribution is 0.0207. The van der Waals surface area contributed by atoms with E-state index < -0.39 is 0 Å². The first-order valence-corrected chi connectivity index (χ1v) is 7.81. The molecule has 0 aromatic heterocycles. The maximum absolute atomic E-state index is 6.14. The van der Waals surface area contributed by atoms with Gasteiger partial charge in [-0.05, 0) is 37.5 Å². The van der Waals surface area contributed by atoms with Gasteiger partial charge in [-0.25, -0.2) is 0 Å². The van der Waals surface area contributed by atoms with Crippen LogP contribution in [0.5, 0.6) is 11.5 Å². The van der Waals surface area contributed by atoms with Gasteiger partial charge in [0, 0.05) is 24.4 Å². The summed E-state index contributed by atoms with van der Waals surface area (Å²) in [7, 11) is 3.46. The van der Waals surface area contributed by atoms with Crippen LogP contribution in [0.1, 0.15) is 31.2 Å². The molecule has 1 aliphatic rings. The SMILES string of the molecule is COc1ccc(OC2CCCC(OC)C2)c(CBr)c1. The Kier molecular flexibility index (Phi) is 5.52. The Hall–Kier alpha value is -0.740. The van der Waals surface area contributed by atoms with Crippen LogP contribution in [-0.4, -0.2) is 26.4 Å². The largest absolute Gasteiger partial charge is 0.497 e. The summed E-state index contributed by atoms with van der Waals surface area (Å²) in [5, 5.41) is 0.764. The number of ether oxygens (including phenoxy) is 3. The van der Waals surface area contributed by atoms with Crippen molar-refractivity contribution in [2.24, 2.45) is 0 Å². The number of hydrogen-bond acceptors (Lipinski definition) is 3. The van der Waals surface area contributed by atoms with E-state index in [2.05, 4.69) is 15.9 Å². The maximum atomic E-state index is 6.14. The van der Waals surface area contributed by atoms with E-state index >= 15 is 0 Å². The molecule has 1 aromatic carbocycles. The third-order valence-electron chi connectivity index (χ3n) is 3.62. The van der Waals surface area contributed by atoms with Crippen molar-refractivity contribution in [2.45, 2.75) is 43.2 Å². The Balaban J connectivity index is 2.05. The van der Waals surface area contributed by atoms with Crippen LogP contribution >= 0.6 is 15.9 Å². The highest BCUT2D eigenvalue weighted by Gasteiger charge is 2.23. The molecular formula is C15H21BrO3. The van der Waals surface area contributed by atoms with Crippen molar-refractivity contribution in [3.63, 3.8) is 0 Å². The predicted molar refractivity (Wildman–Crippen MR) is 79.3 cm³/mol.